The summed E-state index contributed by atoms with van der Waals surface area (Å²) in [7, 11) is 0. The lowest BCUT2D eigenvalue weighted by Gasteiger charge is -2.41. The fourth-order valence-corrected chi connectivity index (χ4v) is 2.10. The average Bonchev–Trinajstić information content (AvgIpc) is 2.57. The van der Waals surface area contributed by atoms with Crippen LogP contribution in [0.15, 0.2) is 0 Å². The minimum Gasteiger partial charge on any atom is -0.394 e. The molecule has 23 heavy (non-hydrogen) atoms. The van der Waals surface area contributed by atoms with Crippen LogP contribution in [-0.2, 0) is 14.3 Å². The van der Waals surface area contributed by atoms with E-state index in [4.69, 9.17) is 19.7 Å². The summed E-state index contributed by atoms with van der Waals surface area (Å²) >= 11 is 0. The van der Waals surface area contributed by atoms with Gasteiger partial charge in [-0.3, -0.25) is 0 Å². The van der Waals surface area contributed by atoms with Crippen LogP contribution >= 0.6 is 0 Å². The molecular formula is C12H22O11. The number of aldehydes is 1. The second kappa shape index (κ2) is 8.94. The Hall–Kier alpha value is -0.730. The van der Waals surface area contributed by atoms with Crippen molar-refractivity contribution in [3.8, 4) is 0 Å². The summed E-state index contributed by atoms with van der Waals surface area (Å²) < 4.78 is 10.0. The van der Waals surface area contributed by atoms with E-state index in [-0.39, 0.29) is 6.29 Å². The Kier molecular flexibility index (Phi) is 7.89. The van der Waals surface area contributed by atoms with E-state index in [0.29, 0.717) is 0 Å². The summed E-state index contributed by atoms with van der Waals surface area (Å²) in [5, 5.41) is 75.6. The van der Waals surface area contributed by atoms with E-state index in [1.165, 1.54) is 0 Å². The van der Waals surface area contributed by atoms with Crippen LogP contribution in [0.3, 0.4) is 0 Å². The van der Waals surface area contributed by atoms with Gasteiger partial charge in [0.25, 0.3) is 0 Å². The minimum absolute atomic E-state index is 0.0119. The topological polar surface area (TPSA) is 197 Å². The van der Waals surface area contributed by atoms with Crippen molar-refractivity contribution in [3.05, 3.63) is 0 Å². The summed E-state index contributed by atoms with van der Waals surface area (Å²) in [5.74, 6) is 0. The van der Waals surface area contributed by atoms with Crippen LogP contribution in [0, 0.1) is 0 Å². The summed E-state index contributed by atoms with van der Waals surface area (Å²) in [6.07, 6.45) is -15.7. The lowest BCUT2D eigenvalue weighted by molar-refractivity contribution is -0.324. The van der Waals surface area contributed by atoms with Gasteiger partial charge in [-0.25, -0.2) is 0 Å². The molecule has 0 amide bonds. The van der Waals surface area contributed by atoms with Crippen LogP contribution in [0.1, 0.15) is 0 Å². The molecular weight excluding hydrogens is 320 g/mol. The van der Waals surface area contributed by atoms with Crippen molar-refractivity contribution in [1.29, 1.82) is 0 Å². The van der Waals surface area contributed by atoms with Crippen molar-refractivity contribution in [3.63, 3.8) is 0 Å². The number of aliphatic hydroxyl groups is 8. The molecule has 0 unspecified atom stereocenters. The van der Waals surface area contributed by atoms with Gasteiger partial charge >= 0.3 is 0 Å². The van der Waals surface area contributed by atoms with Gasteiger partial charge in [-0.05, 0) is 0 Å². The average molecular weight is 342 g/mol. The lowest BCUT2D eigenvalue weighted by atomic mass is 9.98. The van der Waals surface area contributed by atoms with Gasteiger partial charge in [-0.1, -0.05) is 0 Å². The number of rotatable bonds is 8. The van der Waals surface area contributed by atoms with Gasteiger partial charge in [-0.2, -0.15) is 0 Å². The van der Waals surface area contributed by atoms with Gasteiger partial charge in [0.15, 0.2) is 12.6 Å². The van der Waals surface area contributed by atoms with Crippen LogP contribution in [0.4, 0.5) is 0 Å². The first kappa shape index (κ1) is 20.3. The minimum atomic E-state index is -1.95. The molecule has 11 nitrogen and oxygen atoms in total. The molecule has 8 N–H and O–H groups in total. The van der Waals surface area contributed by atoms with Crippen LogP contribution < -0.4 is 0 Å². The first-order valence-electron chi connectivity index (χ1n) is 6.84. The molecule has 0 aliphatic carbocycles. The van der Waals surface area contributed by atoms with Gasteiger partial charge in [0, 0.05) is 0 Å². The van der Waals surface area contributed by atoms with Crippen molar-refractivity contribution in [2.75, 3.05) is 13.2 Å². The number of aliphatic hydroxyl groups excluding tert-OH is 8. The Labute approximate surface area is 130 Å². The summed E-state index contributed by atoms with van der Waals surface area (Å²) in [6, 6.07) is 0. The summed E-state index contributed by atoms with van der Waals surface area (Å²) in [4.78, 5) is 10.7. The predicted octanol–water partition coefficient (Wildman–Crippen LogP) is -5.55. The van der Waals surface area contributed by atoms with Gasteiger partial charge in [0.05, 0.1) is 13.2 Å². The standard InChI is InChI=1S/C12H22O11/c13-1-4(16)7(18)11(5(17)2-14)23-12-10(21)9(20)8(19)6(3-15)22-12/h2,4-13,15-21H,1,3H2/t4-,5+,6-,7+,8-,9+,10+,11-,12-/m1/s1. The smallest absolute Gasteiger partial charge is 0.187 e. The SMILES string of the molecule is O=C[C@H](O)[C@@H](O[C@H]1O[C@H](CO)[C@@H](O)[C@H](O)[C@@H]1O)[C@@H](O)[C@H](O)CO. The zero-order valence-corrected chi connectivity index (χ0v) is 12.0. The van der Waals surface area contributed by atoms with E-state index in [1.54, 1.807) is 0 Å². The Morgan fingerprint density at radius 1 is 1.04 bits per heavy atom. The second-order valence-electron chi connectivity index (χ2n) is 5.17. The quantitative estimate of drug-likeness (QED) is 0.196. The number of carbonyl (C=O) groups is 1. The van der Waals surface area contributed by atoms with E-state index in [1.807, 2.05) is 0 Å². The van der Waals surface area contributed by atoms with E-state index in [2.05, 4.69) is 0 Å². The van der Waals surface area contributed by atoms with E-state index < -0.39 is 68.3 Å². The highest BCUT2D eigenvalue weighted by atomic mass is 16.7. The Morgan fingerprint density at radius 3 is 2.13 bits per heavy atom. The molecule has 1 rings (SSSR count). The highest BCUT2D eigenvalue weighted by Crippen LogP contribution is 2.24. The first-order chi connectivity index (χ1) is 10.8. The largest absolute Gasteiger partial charge is 0.394 e. The third-order valence-corrected chi connectivity index (χ3v) is 3.53. The molecule has 0 bridgehead atoms. The molecule has 1 heterocycles. The van der Waals surface area contributed by atoms with Crippen LogP contribution in [0.2, 0.25) is 0 Å². The third-order valence-electron chi connectivity index (χ3n) is 3.53. The molecule has 0 aromatic carbocycles. The molecule has 1 fully saturated rings. The van der Waals surface area contributed by atoms with Crippen LogP contribution in [0.5, 0.6) is 0 Å². The zero-order chi connectivity index (χ0) is 17.7. The fraction of sp³-hybridized carbons (Fsp3) is 0.917. The molecule has 0 aromatic heterocycles. The lowest BCUT2D eigenvalue weighted by Crippen LogP contribution is -2.61. The Balaban J connectivity index is 2.91. The molecule has 1 aliphatic heterocycles. The normalized spacial score (nSPS) is 37.0. The van der Waals surface area contributed by atoms with Crippen molar-refractivity contribution in [2.24, 2.45) is 0 Å². The monoisotopic (exact) mass is 342 g/mol. The summed E-state index contributed by atoms with van der Waals surface area (Å²) in [6.45, 7) is -1.63. The van der Waals surface area contributed by atoms with Crippen molar-refractivity contribution in [2.45, 2.75) is 55.1 Å². The van der Waals surface area contributed by atoms with Crippen molar-refractivity contribution < 1.29 is 55.1 Å². The molecule has 9 atom stereocenters. The van der Waals surface area contributed by atoms with Crippen LogP contribution in [0.25, 0.3) is 0 Å². The zero-order valence-electron chi connectivity index (χ0n) is 12.0. The molecule has 0 spiro atoms. The molecule has 1 aliphatic rings. The molecule has 0 radical (unpaired) electrons. The van der Waals surface area contributed by atoms with Crippen molar-refractivity contribution in [1.82, 2.24) is 0 Å². The van der Waals surface area contributed by atoms with Crippen molar-refractivity contribution >= 4 is 6.29 Å². The van der Waals surface area contributed by atoms with Gasteiger partial charge in [0.2, 0.25) is 0 Å². The molecule has 0 aromatic rings. The molecule has 1 saturated heterocycles. The molecule has 11 heteroatoms. The fourth-order valence-electron chi connectivity index (χ4n) is 2.10. The maximum Gasteiger partial charge on any atom is 0.187 e. The van der Waals surface area contributed by atoms with Gasteiger partial charge in [-0.15, -0.1) is 0 Å². The highest BCUT2D eigenvalue weighted by Gasteiger charge is 2.46. The first-order valence-corrected chi connectivity index (χ1v) is 6.84. The number of hydrogen-bond donors (Lipinski definition) is 8. The predicted molar refractivity (Wildman–Crippen MR) is 69.8 cm³/mol. The van der Waals surface area contributed by atoms with E-state index >= 15 is 0 Å². The molecule has 136 valence electrons. The van der Waals surface area contributed by atoms with Crippen LogP contribution in [-0.4, -0.2) is 115 Å². The Bertz CT molecular complexity index is 365. The Morgan fingerprint density at radius 2 is 1.65 bits per heavy atom. The molecule has 0 saturated carbocycles. The van der Waals surface area contributed by atoms with Gasteiger partial charge in [0.1, 0.15) is 48.8 Å². The second-order valence-corrected chi connectivity index (χ2v) is 5.17. The van der Waals surface area contributed by atoms with E-state index in [9.17, 15) is 35.4 Å². The van der Waals surface area contributed by atoms with E-state index in [0.717, 1.165) is 0 Å². The number of carbonyl (C=O) groups excluding carboxylic acids is 1. The van der Waals surface area contributed by atoms with Gasteiger partial charge < -0.3 is 55.1 Å². The summed E-state index contributed by atoms with van der Waals surface area (Å²) in [5.41, 5.74) is 0. The number of ether oxygens (including phenoxy) is 2. The highest BCUT2D eigenvalue weighted by molar-refractivity contribution is 5.56. The third kappa shape index (κ3) is 4.64. The maximum atomic E-state index is 10.7. The number of hydrogen-bond acceptors (Lipinski definition) is 11. The maximum absolute atomic E-state index is 10.7.